The quantitative estimate of drug-likeness (QED) is 0.455. The molecule has 0 saturated carbocycles. The Balaban J connectivity index is 1.38. The zero-order valence-electron chi connectivity index (χ0n) is 15.8. The predicted molar refractivity (Wildman–Crippen MR) is 113 cm³/mol. The van der Waals surface area contributed by atoms with Crippen molar-refractivity contribution in [3.8, 4) is 0 Å². The Labute approximate surface area is 169 Å². The number of rotatable bonds is 8. The number of amides is 1. The Bertz CT molecular complexity index is 943. The fraction of sp³-hybridized carbons (Fsp3) is 0.217. The highest BCUT2D eigenvalue weighted by Gasteiger charge is 2.11. The van der Waals surface area contributed by atoms with Gasteiger partial charge in [-0.3, -0.25) is 9.59 Å². The van der Waals surface area contributed by atoms with Gasteiger partial charge < -0.3 is 10.1 Å². The molecule has 3 aromatic carbocycles. The largest absolute Gasteiger partial charge is 0.455 e. The highest BCUT2D eigenvalue weighted by atomic mass is 32.2. The van der Waals surface area contributed by atoms with E-state index < -0.39 is 5.97 Å². The monoisotopic (exact) mass is 393 g/mol. The lowest BCUT2D eigenvalue weighted by Crippen LogP contribution is -2.31. The van der Waals surface area contributed by atoms with E-state index in [1.165, 1.54) is 11.8 Å². The molecule has 0 aromatic heterocycles. The minimum atomic E-state index is -0.399. The van der Waals surface area contributed by atoms with E-state index in [0.717, 1.165) is 21.2 Å². The summed E-state index contributed by atoms with van der Waals surface area (Å²) < 4.78 is 5.08. The summed E-state index contributed by atoms with van der Waals surface area (Å²) in [4.78, 5) is 24.8. The number of fused-ring (bicyclic) bond motifs is 1. The van der Waals surface area contributed by atoms with Crippen LogP contribution in [0.2, 0.25) is 0 Å². The van der Waals surface area contributed by atoms with Crippen LogP contribution < -0.4 is 5.32 Å². The molecule has 0 aliphatic heterocycles. The van der Waals surface area contributed by atoms with Crippen molar-refractivity contribution in [3.63, 3.8) is 0 Å². The first-order valence-corrected chi connectivity index (χ1v) is 10.2. The van der Waals surface area contributed by atoms with E-state index in [-0.39, 0.29) is 24.2 Å². The summed E-state index contributed by atoms with van der Waals surface area (Å²) in [6, 6.07) is 24.1. The third-order valence-corrected chi connectivity index (χ3v) is 5.38. The summed E-state index contributed by atoms with van der Waals surface area (Å²) in [5.74, 6) is -0.313. The van der Waals surface area contributed by atoms with Gasteiger partial charge in [-0.1, -0.05) is 67.6 Å². The molecule has 1 N–H and O–H groups in total. The fourth-order valence-electron chi connectivity index (χ4n) is 2.80. The van der Waals surface area contributed by atoms with E-state index in [1.807, 2.05) is 73.7 Å². The topological polar surface area (TPSA) is 55.4 Å². The number of esters is 1. The molecule has 1 atom stereocenters. The van der Waals surface area contributed by atoms with Crippen molar-refractivity contribution in [3.05, 3.63) is 78.4 Å². The van der Waals surface area contributed by atoms with Crippen molar-refractivity contribution in [2.24, 2.45) is 0 Å². The Morgan fingerprint density at radius 2 is 1.68 bits per heavy atom. The summed E-state index contributed by atoms with van der Waals surface area (Å²) in [5, 5.41) is 5.10. The van der Waals surface area contributed by atoms with Crippen LogP contribution in [0.5, 0.6) is 0 Å². The molecule has 3 rings (SSSR count). The highest BCUT2D eigenvalue weighted by Crippen LogP contribution is 2.23. The maximum Gasteiger partial charge on any atom is 0.316 e. The van der Waals surface area contributed by atoms with Crippen LogP contribution in [0.4, 0.5) is 0 Å². The van der Waals surface area contributed by atoms with Crippen LogP contribution in [-0.2, 0) is 14.3 Å². The van der Waals surface area contributed by atoms with Gasteiger partial charge >= 0.3 is 5.97 Å². The van der Waals surface area contributed by atoms with E-state index in [1.54, 1.807) is 0 Å². The average molecular weight is 394 g/mol. The number of carbonyl (C=O) groups is 2. The molecule has 0 fully saturated rings. The second-order valence-corrected chi connectivity index (χ2v) is 7.62. The maximum absolute atomic E-state index is 11.9. The van der Waals surface area contributed by atoms with Gasteiger partial charge in [0, 0.05) is 11.4 Å². The Morgan fingerprint density at radius 1 is 0.964 bits per heavy atom. The minimum Gasteiger partial charge on any atom is -0.455 e. The van der Waals surface area contributed by atoms with Crippen molar-refractivity contribution < 1.29 is 14.3 Å². The van der Waals surface area contributed by atoms with Crippen molar-refractivity contribution >= 4 is 34.4 Å². The SMILES string of the molecule is C[C@@H](CNC(=O)COC(=O)CSc1ccc2ccccc2c1)c1ccccc1. The second-order valence-electron chi connectivity index (χ2n) is 6.57. The number of nitrogens with one attached hydrogen (secondary N) is 1. The predicted octanol–water partition coefficient (Wildman–Crippen LogP) is 4.40. The van der Waals surface area contributed by atoms with Crippen LogP contribution in [0.1, 0.15) is 18.4 Å². The molecule has 0 aliphatic rings. The smallest absolute Gasteiger partial charge is 0.316 e. The van der Waals surface area contributed by atoms with E-state index in [9.17, 15) is 9.59 Å². The lowest BCUT2D eigenvalue weighted by atomic mass is 10.0. The van der Waals surface area contributed by atoms with Crippen molar-refractivity contribution in [1.29, 1.82) is 0 Å². The Morgan fingerprint density at radius 3 is 2.46 bits per heavy atom. The van der Waals surface area contributed by atoms with Crippen LogP contribution in [0.25, 0.3) is 10.8 Å². The van der Waals surface area contributed by atoms with Gasteiger partial charge in [-0.15, -0.1) is 11.8 Å². The molecular weight excluding hydrogens is 370 g/mol. The van der Waals surface area contributed by atoms with Gasteiger partial charge in [0.15, 0.2) is 6.61 Å². The normalized spacial score (nSPS) is 11.8. The molecule has 1 amide bonds. The molecule has 28 heavy (non-hydrogen) atoms. The van der Waals surface area contributed by atoms with Crippen molar-refractivity contribution in [2.75, 3.05) is 18.9 Å². The third-order valence-electron chi connectivity index (χ3n) is 4.42. The first-order valence-electron chi connectivity index (χ1n) is 9.20. The van der Waals surface area contributed by atoms with Crippen LogP contribution >= 0.6 is 11.8 Å². The molecule has 0 unspecified atom stereocenters. The van der Waals surface area contributed by atoms with Gasteiger partial charge in [0.2, 0.25) is 0 Å². The number of ether oxygens (including phenoxy) is 1. The lowest BCUT2D eigenvalue weighted by molar-refractivity contribution is -0.145. The number of thioether (sulfide) groups is 1. The average Bonchev–Trinajstić information content (AvgIpc) is 2.75. The number of benzene rings is 3. The summed E-state index contributed by atoms with van der Waals surface area (Å²) in [6.45, 7) is 2.30. The van der Waals surface area contributed by atoms with Crippen LogP contribution in [0.3, 0.4) is 0 Å². The van der Waals surface area contributed by atoms with Crippen molar-refractivity contribution in [2.45, 2.75) is 17.7 Å². The summed E-state index contributed by atoms with van der Waals surface area (Å²) in [7, 11) is 0. The molecule has 0 bridgehead atoms. The molecule has 4 nitrogen and oxygen atoms in total. The summed E-state index contributed by atoms with van der Waals surface area (Å²) >= 11 is 1.40. The highest BCUT2D eigenvalue weighted by molar-refractivity contribution is 8.00. The third kappa shape index (κ3) is 5.86. The zero-order chi connectivity index (χ0) is 19.8. The Kier molecular flexibility index (Phi) is 7.09. The minimum absolute atomic E-state index is 0.173. The fourth-order valence-corrected chi connectivity index (χ4v) is 3.55. The van der Waals surface area contributed by atoms with Crippen molar-refractivity contribution in [1.82, 2.24) is 5.32 Å². The lowest BCUT2D eigenvalue weighted by Gasteiger charge is -2.13. The second kappa shape index (κ2) is 9.95. The molecule has 144 valence electrons. The summed E-state index contributed by atoms with van der Waals surface area (Å²) in [6.07, 6.45) is 0. The Hall–Kier alpha value is -2.79. The molecule has 0 heterocycles. The number of carbonyl (C=O) groups excluding carboxylic acids is 2. The van der Waals surface area contributed by atoms with Gasteiger partial charge in [-0.05, 0) is 34.4 Å². The van der Waals surface area contributed by atoms with Gasteiger partial charge in [0.05, 0.1) is 5.75 Å². The van der Waals surface area contributed by atoms with E-state index in [0.29, 0.717) is 6.54 Å². The molecule has 0 radical (unpaired) electrons. The van der Waals surface area contributed by atoms with E-state index >= 15 is 0 Å². The molecule has 0 saturated heterocycles. The van der Waals surface area contributed by atoms with Gasteiger partial charge in [-0.2, -0.15) is 0 Å². The molecule has 0 spiro atoms. The molecule has 5 heteroatoms. The first kappa shape index (κ1) is 20.0. The standard InChI is InChI=1S/C23H23NO3S/c1-17(18-7-3-2-4-8-18)14-24-22(25)15-27-23(26)16-28-21-12-11-19-9-5-6-10-20(19)13-21/h2-13,17H,14-16H2,1H3,(H,24,25)/t17-/m0/s1. The number of hydrogen-bond donors (Lipinski definition) is 1. The van der Waals surface area contributed by atoms with E-state index in [4.69, 9.17) is 4.74 Å². The zero-order valence-corrected chi connectivity index (χ0v) is 16.6. The first-order chi connectivity index (χ1) is 13.6. The van der Waals surface area contributed by atoms with Gasteiger partial charge in [-0.25, -0.2) is 0 Å². The molecule has 0 aliphatic carbocycles. The van der Waals surface area contributed by atoms with Crippen LogP contribution in [-0.4, -0.2) is 30.8 Å². The van der Waals surface area contributed by atoms with Gasteiger partial charge in [0.1, 0.15) is 0 Å². The number of hydrogen-bond acceptors (Lipinski definition) is 4. The molecular formula is C23H23NO3S. The van der Waals surface area contributed by atoms with Crippen LogP contribution in [0.15, 0.2) is 77.7 Å². The molecule has 3 aromatic rings. The maximum atomic E-state index is 11.9. The van der Waals surface area contributed by atoms with Crippen LogP contribution in [0, 0.1) is 0 Å². The summed E-state index contributed by atoms with van der Waals surface area (Å²) in [5.41, 5.74) is 1.16. The van der Waals surface area contributed by atoms with E-state index in [2.05, 4.69) is 11.4 Å². The van der Waals surface area contributed by atoms with Gasteiger partial charge in [0.25, 0.3) is 5.91 Å².